The zero-order valence-corrected chi connectivity index (χ0v) is 16.9. The van der Waals surface area contributed by atoms with Crippen LogP contribution in [0.15, 0.2) is 59.8 Å². The third-order valence-electron chi connectivity index (χ3n) is 4.23. The van der Waals surface area contributed by atoms with Crippen molar-refractivity contribution in [3.8, 4) is 5.69 Å². The largest absolute Gasteiger partial charge is 0.370 e. The predicted octanol–water partition coefficient (Wildman–Crippen LogP) is 2.71. The highest BCUT2D eigenvalue weighted by atomic mass is 32.2. The number of benzene rings is 2. The van der Waals surface area contributed by atoms with E-state index >= 15 is 0 Å². The first kappa shape index (κ1) is 19.9. The van der Waals surface area contributed by atoms with Crippen LogP contribution in [0.1, 0.15) is 12.5 Å². The Morgan fingerprint density at radius 2 is 2.00 bits per heavy atom. The molecule has 0 saturated carbocycles. The van der Waals surface area contributed by atoms with E-state index in [0.717, 1.165) is 18.8 Å². The molecule has 1 heterocycles. The molecule has 1 aromatic heterocycles. The first-order chi connectivity index (χ1) is 13.7. The number of rotatable bonds is 9. The molecule has 0 aliphatic rings. The second-order valence-electron chi connectivity index (χ2n) is 6.27. The van der Waals surface area contributed by atoms with E-state index in [4.69, 9.17) is 0 Å². The minimum Gasteiger partial charge on any atom is -0.370 e. The number of aryl methyl sites for hydroxylation is 1. The average molecular weight is 397 g/mol. The number of carbonyl (C=O) groups is 1. The summed E-state index contributed by atoms with van der Waals surface area (Å²) < 4.78 is 1.63. The average Bonchev–Trinajstić information content (AvgIpc) is 3.19. The van der Waals surface area contributed by atoms with Crippen LogP contribution in [-0.4, -0.2) is 51.5 Å². The van der Waals surface area contributed by atoms with Crippen LogP contribution in [0.25, 0.3) is 5.69 Å². The normalized spacial score (nSPS) is 10.6. The molecule has 0 radical (unpaired) electrons. The zero-order chi connectivity index (χ0) is 19.8. The summed E-state index contributed by atoms with van der Waals surface area (Å²) in [6, 6.07) is 18.0. The summed E-state index contributed by atoms with van der Waals surface area (Å²) in [7, 11) is 0. The molecule has 0 aliphatic carbocycles. The molecule has 0 spiro atoms. The summed E-state index contributed by atoms with van der Waals surface area (Å²) >= 11 is 1.32. The van der Waals surface area contributed by atoms with Gasteiger partial charge in [-0.15, -0.1) is 5.10 Å². The van der Waals surface area contributed by atoms with Gasteiger partial charge in [0, 0.05) is 25.3 Å². The van der Waals surface area contributed by atoms with Crippen molar-refractivity contribution in [2.24, 2.45) is 0 Å². The van der Waals surface area contributed by atoms with Gasteiger partial charge in [0.15, 0.2) is 0 Å². The molecule has 0 aliphatic heterocycles. The molecule has 3 rings (SSSR count). The first-order valence-electron chi connectivity index (χ1n) is 9.22. The highest BCUT2D eigenvalue weighted by Crippen LogP contribution is 2.18. The Labute approximate surface area is 169 Å². The SMILES string of the molecule is CCN(CCNC(=O)CSc1nnnn1-c1ccccc1)c1cccc(C)c1. The number of thioether (sulfide) groups is 1. The van der Waals surface area contributed by atoms with Gasteiger partial charge in [0.05, 0.1) is 11.4 Å². The second-order valence-corrected chi connectivity index (χ2v) is 7.21. The molecular formula is C20H24N6OS. The van der Waals surface area contributed by atoms with E-state index < -0.39 is 0 Å². The maximum atomic E-state index is 12.2. The van der Waals surface area contributed by atoms with Gasteiger partial charge in [0.2, 0.25) is 11.1 Å². The number of tetrazole rings is 1. The number of anilines is 1. The number of aromatic nitrogens is 4. The summed E-state index contributed by atoms with van der Waals surface area (Å²) in [6.07, 6.45) is 0. The van der Waals surface area contributed by atoms with Crippen LogP contribution in [0.3, 0.4) is 0 Å². The van der Waals surface area contributed by atoms with Gasteiger partial charge >= 0.3 is 0 Å². The van der Waals surface area contributed by atoms with Crippen LogP contribution in [0, 0.1) is 6.92 Å². The van der Waals surface area contributed by atoms with Crippen molar-refractivity contribution in [1.29, 1.82) is 0 Å². The number of nitrogens with zero attached hydrogens (tertiary/aromatic N) is 5. The Morgan fingerprint density at radius 1 is 1.18 bits per heavy atom. The van der Waals surface area contributed by atoms with Gasteiger partial charge < -0.3 is 10.2 Å². The van der Waals surface area contributed by atoms with E-state index in [0.29, 0.717) is 11.7 Å². The smallest absolute Gasteiger partial charge is 0.230 e. The van der Waals surface area contributed by atoms with Gasteiger partial charge in [0.25, 0.3) is 0 Å². The molecule has 0 saturated heterocycles. The molecule has 7 nitrogen and oxygen atoms in total. The lowest BCUT2D eigenvalue weighted by Crippen LogP contribution is -2.35. The Hall–Kier alpha value is -2.87. The van der Waals surface area contributed by atoms with E-state index in [1.54, 1.807) is 4.68 Å². The summed E-state index contributed by atoms with van der Waals surface area (Å²) in [4.78, 5) is 14.5. The zero-order valence-electron chi connectivity index (χ0n) is 16.1. The van der Waals surface area contributed by atoms with Crippen molar-refractivity contribution in [1.82, 2.24) is 25.5 Å². The van der Waals surface area contributed by atoms with Crippen LogP contribution in [0.4, 0.5) is 5.69 Å². The van der Waals surface area contributed by atoms with Crippen molar-refractivity contribution < 1.29 is 4.79 Å². The number of carbonyl (C=O) groups excluding carboxylic acids is 1. The van der Waals surface area contributed by atoms with E-state index in [9.17, 15) is 4.79 Å². The number of likely N-dealkylation sites (N-methyl/N-ethyl adjacent to an activating group) is 1. The third kappa shape index (κ3) is 5.32. The van der Waals surface area contributed by atoms with Crippen LogP contribution in [0.2, 0.25) is 0 Å². The van der Waals surface area contributed by atoms with Gasteiger partial charge in [0.1, 0.15) is 0 Å². The first-order valence-corrected chi connectivity index (χ1v) is 10.2. The Bertz CT molecular complexity index is 898. The van der Waals surface area contributed by atoms with Crippen molar-refractivity contribution in [3.63, 3.8) is 0 Å². The summed E-state index contributed by atoms with van der Waals surface area (Å²) in [5.74, 6) is 0.233. The van der Waals surface area contributed by atoms with Crippen LogP contribution < -0.4 is 10.2 Å². The quantitative estimate of drug-likeness (QED) is 0.561. The Morgan fingerprint density at radius 3 is 2.75 bits per heavy atom. The van der Waals surface area contributed by atoms with Crippen molar-refractivity contribution in [3.05, 3.63) is 60.2 Å². The standard InChI is InChI=1S/C20H24N6OS/c1-3-25(18-11-7-8-16(2)14-18)13-12-21-19(27)15-28-20-22-23-24-26(20)17-9-5-4-6-10-17/h4-11,14H,3,12-13,15H2,1-2H3,(H,21,27). The molecule has 28 heavy (non-hydrogen) atoms. The van der Waals surface area contributed by atoms with Gasteiger partial charge in [-0.2, -0.15) is 4.68 Å². The monoisotopic (exact) mass is 396 g/mol. The highest BCUT2D eigenvalue weighted by molar-refractivity contribution is 7.99. The third-order valence-corrected chi connectivity index (χ3v) is 5.15. The summed E-state index contributed by atoms with van der Waals surface area (Å²) in [6.45, 7) is 6.44. The maximum absolute atomic E-state index is 12.2. The number of nitrogens with one attached hydrogen (secondary N) is 1. The van der Waals surface area contributed by atoms with E-state index in [-0.39, 0.29) is 11.7 Å². The molecule has 1 amide bonds. The molecule has 0 fully saturated rings. The van der Waals surface area contributed by atoms with E-state index in [2.05, 4.69) is 63.9 Å². The summed E-state index contributed by atoms with van der Waals surface area (Å²) in [5, 5.41) is 15.3. The highest BCUT2D eigenvalue weighted by Gasteiger charge is 2.11. The second kappa shape index (κ2) is 9.89. The van der Waals surface area contributed by atoms with Gasteiger partial charge in [-0.25, -0.2) is 0 Å². The predicted molar refractivity (Wildman–Crippen MR) is 112 cm³/mol. The lowest BCUT2D eigenvalue weighted by atomic mass is 10.2. The van der Waals surface area contributed by atoms with Crippen molar-refractivity contribution in [2.45, 2.75) is 19.0 Å². The number of amides is 1. The maximum Gasteiger partial charge on any atom is 0.230 e. The summed E-state index contributed by atoms with van der Waals surface area (Å²) in [5.41, 5.74) is 3.27. The molecular weight excluding hydrogens is 372 g/mol. The molecule has 1 N–H and O–H groups in total. The lowest BCUT2D eigenvalue weighted by Gasteiger charge is -2.23. The topological polar surface area (TPSA) is 75.9 Å². The Kier molecular flexibility index (Phi) is 7.02. The number of hydrogen-bond acceptors (Lipinski definition) is 6. The van der Waals surface area contributed by atoms with Crippen LogP contribution in [-0.2, 0) is 4.79 Å². The molecule has 0 unspecified atom stereocenters. The molecule has 2 aromatic carbocycles. The fraction of sp³-hybridized carbons (Fsp3) is 0.300. The molecule has 8 heteroatoms. The molecule has 3 aromatic rings. The van der Waals surface area contributed by atoms with Crippen LogP contribution in [0.5, 0.6) is 0 Å². The van der Waals surface area contributed by atoms with Crippen molar-refractivity contribution in [2.75, 3.05) is 30.3 Å². The van der Waals surface area contributed by atoms with Crippen LogP contribution >= 0.6 is 11.8 Å². The minimum atomic E-state index is -0.0343. The van der Waals surface area contributed by atoms with E-state index in [1.165, 1.54) is 23.0 Å². The fourth-order valence-electron chi connectivity index (χ4n) is 2.81. The van der Waals surface area contributed by atoms with Gasteiger partial charge in [-0.3, -0.25) is 4.79 Å². The lowest BCUT2D eigenvalue weighted by molar-refractivity contribution is -0.118. The van der Waals surface area contributed by atoms with Crippen molar-refractivity contribution >= 4 is 23.4 Å². The molecule has 146 valence electrons. The minimum absolute atomic E-state index is 0.0343. The number of para-hydroxylation sites is 1. The Balaban J connectivity index is 1.47. The molecule has 0 bridgehead atoms. The van der Waals surface area contributed by atoms with Gasteiger partial charge in [-0.05, 0) is 54.1 Å². The van der Waals surface area contributed by atoms with Gasteiger partial charge in [-0.1, -0.05) is 42.1 Å². The van der Waals surface area contributed by atoms with E-state index in [1.807, 2.05) is 30.3 Å². The number of hydrogen-bond donors (Lipinski definition) is 1. The fourth-order valence-corrected chi connectivity index (χ4v) is 3.53. The molecule has 0 atom stereocenters.